The van der Waals surface area contributed by atoms with Crippen molar-refractivity contribution in [1.82, 2.24) is 4.90 Å². The van der Waals surface area contributed by atoms with Crippen molar-refractivity contribution in [3.63, 3.8) is 0 Å². The van der Waals surface area contributed by atoms with Crippen molar-refractivity contribution in [2.45, 2.75) is 58.4 Å². The Morgan fingerprint density at radius 2 is 1.75 bits per heavy atom. The highest BCUT2D eigenvalue weighted by atomic mass is 15.1. The maximum absolute atomic E-state index is 5.96. The van der Waals surface area contributed by atoms with Crippen LogP contribution in [0.5, 0.6) is 0 Å². The van der Waals surface area contributed by atoms with Gasteiger partial charge >= 0.3 is 0 Å². The lowest BCUT2D eigenvalue weighted by molar-refractivity contribution is 0.150. The first-order valence-electron chi connectivity index (χ1n) is 7.13. The van der Waals surface area contributed by atoms with Gasteiger partial charge in [0, 0.05) is 19.1 Å². The van der Waals surface area contributed by atoms with E-state index in [9.17, 15) is 0 Å². The second-order valence-corrected chi connectivity index (χ2v) is 5.47. The highest BCUT2D eigenvalue weighted by molar-refractivity contribution is 4.80. The molecule has 1 aliphatic rings. The number of nitrogens with zero attached hydrogens (tertiary/aromatic N) is 1. The average molecular weight is 226 g/mol. The topological polar surface area (TPSA) is 29.3 Å². The van der Waals surface area contributed by atoms with Crippen molar-refractivity contribution in [3.8, 4) is 0 Å². The Morgan fingerprint density at radius 3 is 2.19 bits per heavy atom. The highest BCUT2D eigenvalue weighted by Crippen LogP contribution is 2.27. The lowest BCUT2D eigenvalue weighted by Crippen LogP contribution is -2.44. The standard InChI is InChI=1S/C14H30N2/c1-4-13(5-2)14(10-15)16(3)11-12-8-6-7-9-12/h12-14H,4-11,15H2,1-3H3. The van der Waals surface area contributed by atoms with Gasteiger partial charge in [0.05, 0.1) is 0 Å². The molecular formula is C14H30N2. The first kappa shape index (κ1) is 14.0. The van der Waals surface area contributed by atoms with Crippen molar-refractivity contribution in [3.05, 3.63) is 0 Å². The molecule has 1 atom stereocenters. The minimum Gasteiger partial charge on any atom is -0.329 e. The fourth-order valence-corrected chi connectivity index (χ4v) is 3.30. The molecule has 1 saturated carbocycles. The maximum atomic E-state index is 5.96. The SMILES string of the molecule is CCC(CC)C(CN)N(C)CC1CCCC1. The lowest BCUT2D eigenvalue weighted by atomic mass is 9.92. The molecule has 0 aliphatic heterocycles. The number of hydrogen-bond acceptors (Lipinski definition) is 2. The second-order valence-electron chi connectivity index (χ2n) is 5.47. The van der Waals surface area contributed by atoms with Crippen LogP contribution in [0, 0.1) is 11.8 Å². The van der Waals surface area contributed by atoms with E-state index in [4.69, 9.17) is 5.73 Å². The monoisotopic (exact) mass is 226 g/mol. The van der Waals surface area contributed by atoms with Gasteiger partial charge in [-0.3, -0.25) is 0 Å². The van der Waals surface area contributed by atoms with Gasteiger partial charge in [-0.1, -0.05) is 39.5 Å². The number of nitrogens with two attached hydrogens (primary N) is 1. The molecule has 0 bridgehead atoms. The Bertz CT molecular complexity index is 172. The molecule has 0 spiro atoms. The van der Waals surface area contributed by atoms with Crippen LogP contribution in [0.2, 0.25) is 0 Å². The van der Waals surface area contributed by atoms with E-state index in [1.165, 1.54) is 45.1 Å². The number of rotatable bonds is 7. The van der Waals surface area contributed by atoms with Crippen LogP contribution in [-0.2, 0) is 0 Å². The van der Waals surface area contributed by atoms with E-state index in [1.54, 1.807) is 0 Å². The molecule has 0 aromatic heterocycles. The summed E-state index contributed by atoms with van der Waals surface area (Å²) < 4.78 is 0. The Hall–Kier alpha value is -0.0800. The molecule has 0 aromatic rings. The Labute approximate surface area is 102 Å². The Morgan fingerprint density at radius 1 is 1.19 bits per heavy atom. The largest absolute Gasteiger partial charge is 0.329 e. The quantitative estimate of drug-likeness (QED) is 0.723. The van der Waals surface area contributed by atoms with Gasteiger partial charge in [0.1, 0.15) is 0 Å². The van der Waals surface area contributed by atoms with E-state index < -0.39 is 0 Å². The van der Waals surface area contributed by atoms with Crippen molar-refractivity contribution in [1.29, 1.82) is 0 Å². The fourth-order valence-electron chi connectivity index (χ4n) is 3.30. The van der Waals surface area contributed by atoms with E-state index >= 15 is 0 Å². The van der Waals surface area contributed by atoms with Crippen LogP contribution in [0.1, 0.15) is 52.4 Å². The van der Waals surface area contributed by atoms with E-state index in [0.29, 0.717) is 6.04 Å². The molecule has 1 rings (SSSR count). The molecule has 96 valence electrons. The second kappa shape index (κ2) is 7.29. The maximum Gasteiger partial charge on any atom is 0.0243 e. The highest BCUT2D eigenvalue weighted by Gasteiger charge is 2.24. The van der Waals surface area contributed by atoms with Gasteiger partial charge in [-0.15, -0.1) is 0 Å². The van der Waals surface area contributed by atoms with Gasteiger partial charge in [0.15, 0.2) is 0 Å². The van der Waals surface area contributed by atoms with Gasteiger partial charge < -0.3 is 10.6 Å². The summed E-state index contributed by atoms with van der Waals surface area (Å²) in [5.41, 5.74) is 5.96. The van der Waals surface area contributed by atoms with Gasteiger partial charge in [0.25, 0.3) is 0 Å². The Kier molecular flexibility index (Phi) is 6.37. The summed E-state index contributed by atoms with van der Waals surface area (Å²) in [7, 11) is 2.27. The summed E-state index contributed by atoms with van der Waals surface area (Å²) in [5, 5.41) is 0. The summed E-state index contributed by atoms with van der Waals surface area (Å²) in [6.45, 7) is 6.66. The lowest BCUT2D eigenvalue weighted by Gasteiger charge is -2.34. The van der Waals surface area contributed by atoms with Gasteiger partial charge in [-0.25, -0.2) is 0 Å². The van der Waals surface area contributed by atoms with Crippen molar-refractivity contribution in [2.75, 3.05) is 20.1 Å². The Balaban J connectivity index is 2.43. The minimum absolute atomic E-state index is 0.593. The van der Waals surface area contributed by atoms with Gasteiger partial charge in [0.2, 0.25) is 0 Å². The summed E-state index contributed by atoms with van der Waals surface area (Å²) in [6, 6.07) is 0.593. The molecule has 0 heterocycles. The molecule has 2 N–H and O–H groups in total. The van der Waals surface area contributed by atoms with Crippen LogP contribution in [0.25, 0.3) is 0 Å². The predicted molar refractivity (Wildman–Crippen MR) is 71.5 cm³/mol. The van der Waals surface area contributed by atoms with E-state index in [0.717, 1.165) is 18.4 Å². The van der Waals surface area contributed by atoms with Gasteiger partial charge in [-0.05, 0) is 31.7 Å². The van der Waals surface area contributed by atoms with Crippen LogP contribution >= 0.6 is 0 Å². The van der Waals surface area contributed by atoms with E-state index in [1.807, 2.05) is 0 Å². The number of likely N-dealkylation sites (N-methyl/N-ethyl adjacent to an activating group) is 1. The molecule has 0 aromatic carbocycles. The summed E-state index contributed by atoms with van der Waals surface area (Å²) >= 11 is 0. The molecule has 0 amide bonds. The van der Waals surface area contributed by atoms with Crippen LogP contribution in [-0.4, -0.2) is 31.1 Å². The van der Waals surface area contributed by atoms with Crippen LogP contribution in [0.3, 0.4) is 0 Å². The summed E-state index contributed by atoms with van der Waals surface area (Å²) in [5.74, 6) is 1.71. The third-order valence-corrected chi connectivity index (χ3v) is 4.42. The average Bonchev–Trinajstić information content (AvgIpc) is 2.78. The summed E-state index contributed by atoms with van der Waals surface area (Å²) in [6.07, 6.45) is 8.27. The molecule has 1 fully saturated rings. The molecule has 0 radical (unpaired) electrons. The summed E-state index contributed by atoms with van der Waals surface area (Å²) in [4.78, 5) is 2.54. The molecule has 16 heavy (non-hydrogen) atoms. The predicted octanol–water partition coefficient (Wildman–Crippen LogP) is 2.87. The van der Waals surface area contributed by atoms with Crippen molar-refractivity contribution < 1.29 is 0 Å². The molecule has 1 aliphatic carbocycles. The molecular weight excluding hydrogens is 196 g/mol. The van der Waals surface area contributed by atoms with Crippen molar-refractivity contribution >= 4 is 0 Å². The first-order valence-corrected chi connectivity index (χ1v) is 7.13. The van der Waals surface area contributed by atoms with Crippen molar-refractivity contribution in [2.24, 2.45) is 17.6 Å². The molecule has 2 heteroatoms. The molecule has 2 nitrogen and oxygen atoms in total. The molecule has 0 saturated heterocycles. The third kappa shape index (κ3) is 3.74. The van der Waals surface area contributed by atoms with E-state index in [2.05, 4.69) is 25.8 Å². The third-order valence-electron chi connectivity index (χ3n) is 4.42. The first-order chi connectivity index (χ1) is 7.72. The normalized spacial score (nSPS) is 19.9. The van der Waals surface area contributed by atoms with Gasteiger partial charge in [-0.2, -0.15) is 0 Å². The zero-order chi connectivity index (χ0) is 12.0. The van der Waals surface area contributed by atoms with Crippen LogP contribution in [0.4, 0.5) is 0 Å². The fraction of sp³-hybridized carbons (Fsp3) is 1.00. The zero-order valence-corrected chi connectivity index (χ0v) is 11.4. The zero-order valence-electron chi connectivity index (χ0n) is 11.4. The van der Waals surface area contributed by atoms with Crippen LogP contribution in [0.15, 0.2) is 0 Å². The minimum atomic E-state index is 0.593. The smallest absolute Gasteiger partial charge is 0.0243 e. The number of hydrogen-bond donors (Lipinski definition) is 1. The van der Waals surface area contributed by atoms with E-state index in [-0.39, 0.29) is 0 Å². The van der Waals surface area contributed by atoms with Crippen LogP contribution < -0.4 is 5.73 Å². The molecule has 1 unspecified atom stereocenters.